The Bertz CT molecular complexity index is 361. The number of nitrogens with zero attached hydrogens (tertiary/aromatic N) is 3. The minimum absolute atomic E-state index is 0.242. The fourth-order valence-corrected chi connectivity index (χ4v) is 1.55. The highest BCUT2D eigenvalue weighted by atomic mass is 32.2. The van der Waals surface area contributed by atoms with E-state index in [9.17, 15) is 13.2 Å². The third kappa shape index (κ3) is 4.29. The third-order valence-electron chi connectivity index (χ3n) is 1.94. The second-order valence-corrected chi connectivity index (χ2v) is 4.09. The summed E-state index contributed by atoms with van der Waals surface area (Å²) in [5.41, 5.74) is 0. The predicted octanol–water partition coefficient (Wildman–Crippen LogP) is 2.24. The Morgan fingerprint density at radius 1 is 1.41 bits per heavy atom. The molecular formula is C9H13F3N4S. The summed E-state index contributed by atoms with van der Waals surface area (Å²) in [6.45, 7) is -1.04. The van der Waals surface area contributed by atoms with Crippen LogP contribution in [0, 0.1) is 0 Å². The normalized spacial score (nSPS) is 11.4. The number of hydrogen-bond acceptors (Lipinski definition) is 5. The van der Waals surface area contributed by atoms with E-state index in [1.54, 1.807) is 13.3 Å². The van der Waals surface area contributed by atoms with Crippen molar-refractivity contribution in [3.63, 3.8) is 0 Å². The zero-order valence-corrected chi connectivity index (χ0v) is 10.5. The van der Waals surface area contributed by atoms with Crippen molar-refractivity contribution in [2.75, 3.05) is 37.1 Å². The standard InChI is InChI=1S/C9H13F3N4S/c1-13-6-4-7(15-8(14-6)17-3)16(2)5-9(10,11)12/h4H,5H2,1-3H3,(H,13,14,15). The molecule has 0 atom stereocenters. The van der Waals surface area contributed by atoms with Gasteiger partial charge >= 0.3 is 6.18 Å². The van der Waals surface area contributed by atoms with Gasteiger partial charge in [0.2, 0.25) is 0 Å². The molecule has 0 amide bonds. The maximum absolute atomic E-state index is 12.3. The van der Waals surface area contributed by atoms with E-state index in [-0.39, 0.29) is 5.82 Å². The van der Waals surface area contributed by atoms with Crippen molar-refractivity contribution in [2.24, 2.45) is 0 Å². The summed E-state index contributed by atoms with van der Waals surface area (Å²) in [5.74, 6) is 0.736. The molecule has 96 valence electrons. The van der Waals surface area contributed by atoms with Gasteiger partial charge in [-0.15, -0.1) is 0 Å². The fourth-order valence-electron chi connectivity index (χ4n) is 1.18. The van der Waals surface area contributed by atoms with Gasteiger partial charge in [0.25, 0.3) is 0 Å². The van der Waals surface area contributed by atoms with Crippen molar-refractivity contribution in [3.05, 3.63) is 6.07 Å². The highest BCUT2D eigenvalue weighted by Gasteiger charge is 2.30. The van der Waals surface area contributed by atoms with Crippen LogP contribution in [-0.4, -0.2) is 43.0 Å². The highest BCUT2D eigenvalue weighted by Crippen LogP contribution is 2.23. The molecule has 0 aliphatic rings. The molecule has 0 spiro atoms. The Labute approximate surface area is 102 Å². The molecule has 1 N–H and O–H groups in total. The lowest BCUT2D eigenvalue weighted by molar-refractivity contribution is -0.119. The quantitative estimate of drug-likeness (QED) is 0.668. The molecule has 1 aromatic rings. The molecule has 1 rings (SSSR count). The Morgan fingerprint density at radius 2 is 2.06 bits per heavy atom. The molecular weight excluding hydrogens is 253 g/mol. The van der Waals surface area contributed by atoms with Gasteiger partial charge in [-0.05, 0) is 6.26 Å². The SMILES string of the molecule is CNc1cc(N(C)CC(F)(F)F)nc(SC)n1. The lowest BCUT2D eigenvalue weighted by atomic mass is 10.4. The van der Waals surface area contributed by atoms with Crippen molar-refractivity contribution >= 4 is 23.4 Å². The first-order valence-electron chi connectivity index (χ1n) is 4.74. The van der Waals surface area contributed by atoms with Gasteiger partial charge < -0.3 is 10.2 Å². The molecule has 8 heteroatoms. The molecule has 0 aromatic carbocycles. The molecule has 0 bridgehead atoms. The number of nitrogens with one attached hydrogen (secondary N) is 1. The van der Waals surface area contributed by atoms with Crippen molar-refractivity contribution < 1.29 is 13.2 Å². The molecule has 4 nitrogen and oxygen atoms in total. The van der Waals surface area contributed by atoms with Gasteiger partial charge in [0.1, 0.15) is 18.2 Å². The topological polar surface area (TPSA) is 41.0 Å². The van der Waals surface area contributed by atoms with Crippen LogP contribution < -0.4 is 10.2 Å². The molecule has 17 heavy (non-hydrogen) atoms. The van der Waals surface area contributed by atoms with Gasteiger partial charge in [-0.2, -0.15) is 13.2 Å². The van der Waals surface area contributed by atoms with Crippen LogP contribution >= 0.6 is 11.8 Å². The summed E-state index contributed by atoms with van der Waals surface area (Å²) in [7, 11) is 3.00. The van der Waals surface area contributed by atoms with E-state index in [4.69, 9.17) is 0 Å². The molecule has 0 saturated heterocycles. The fraction of sp³-hybridized carbons (Fsp3) is 0.556. The number of thioether (sulfide) groups is 1. The summed E-state index contributed by atoms with van der Waals surface area (Å²) in [5, 5.41) is 3.22. The maximum atomic E-state index is 12.3. The number of aromatic nitrogens is 2. The second kappa shape index (κ2) is 5.44. The van der Waals surface area contributed by atoms with Crippen molar-refractivity contribution in [1.82, 2.24) is 9.97 Å². The van der Waals surface area contributed by atoms with E-state index < -0.39 is 12.7 Å². The average molecular weight is 266 g/mol. The van der Waals surface area contributed by atoms with Crippen LogP contribution in [0.5, 0.6) is 0 Å². The molecule has 0 unspecified atom stereocenters. The number of alkyl halides is 3. The van der Waals surface area contributed by atoms with E-state index in [1.165, 1.54) is 24.9 Å². The summed E-state index contributed by atoms with van der Waals surface area (Å²) in [6.07, 6.45) is -2.48. The van der Waals surface area contributed by atoms with Gasteiger partial charge in [0.05, 0.1) is 0 Å². The Hall–Kier alpha value is -1.18. The molecule has 0 radical (unpaired) electrons. The molecule has 0 aliphatic heterocycles. The first-order valence-corrected chi connectivity index (χ1v) is 5.97. The summed E-state index contributed by atoms with van der Waals surface area (Å²) < 4.78 is 36.8. The summed E-state index contributed by atoms with van der Waals surface area (Å²) >= 11 is 1.28. The molecule has 0 aliphatic carbocycles. The largest absolute Gasteiger partial charge is 0.405 e. The predicted molar refractivity (Wildman–Crippen MR) is 62.7 cm³/mol. The first-order chi connectivity index (χ1) is 7.85. The summed E-state index contributed by atoms with van der Waals surface area (Å²) in [4.78, 5) is 9.15. The zero-order valence-electron chi connectivity index (χ0n) is 9.67. The molecule has 1 aromatic heterocycles. The van der Waals surface area contributed by atoms with Gasteiger partial charge in [-0.1, -0.05) is 11.8 Å². The lowest BCUT2D eigenvalue weighted by Gasteiger charge is -2.20. The van der Waals surface area contributed by atoms with Gasteiger partial charge in [0.15, 0.2) is 5.16 Å². The van der Waals surface area contributed by atoms with Crippen LogP contribution in [0.2, 0.25) is 0 Å². The smallest absolute Gasteiger partial charge is 0.373 e. The summed E-state index contributed by atoms with van der Waals surface area (Å²) in [6, 6.07) is 1.48. The van der Waals surface area contributed by atoms with Crippen molar-refractivity contribution in [3.8, 4) is 0 Å². The van der Waals surface area contributed by atoms with E-state index >= 15 is 0 Å². The van der Waals surface area contributed by atoms with Crippen molar-refractivity contribution in [1.29, 1.82) is 0 Å². The maximum Gasteiger partial charge on any atom is 0.405 e. The van der Waals surface area contributed by atoms with Crippen LogP contribution in [0.15, 0.2) is 11.2 Å². The zero-order chi connectivity index (χ0) is 13.1. The van der Waals surface area contributed by atoms with E-state index in [2.05, 4.69) is 15.3 Å². The van der Waals surface area contributed by atoms with E-state index in [0.29, 0.717) is 11.0 Å². The van der Waals surface area contributed by atoms with Crippen LogP contribution in [0.1, 0.15) is 0 Å². The minimum atomic E-state index is -4.25. The third-order valence-corrected chi connectivity index (χ3v) is 2.49. The van der Waals surface area contributed by atoms with Crippen LogP contribution in [0.4, 0.5) is 24.8 Å². The Morgan fingerprint density at radius 3 is 2.53 bits per heavy atom. The van der Waals surface area contributed by atoms with E-state index in [1.807, 2.05) is 0 Å². The Kier molecular flexibility index (Phi) is 4.44. The molecule has 0 fully saturated rings. The van der Waals surface area contributed by atoms with Crippen LogP contribution in [-0.2, 0) is 0 Å². The number of rotatable bonds is 4. The minimum Gasteiger partial charge on any atom is -0.373 e. The number of halogens is 3. The average Bonchev–Trinajstić information content (AvgIpc) is 2.26. The van der Waals surface area contributed by atoms with Crippen LogP contribution in [0.3, 0.4) is 0 Å². The van der Waals surface area contributed by atoms with Crippen molar-refractivity contribution in [2.45, 2.75) is 11.3 Å². The van der Waals surface area contributed by atoms with Crippen LogP contribution in [0.25, 0.3) is 0 Å². The first kappa shape index (κ1) is 13.9. The van der Waals surface area contributed by atoms with Gasteiger partial charge in [-0.25, -0.2) is 9.97 Å². The second-order valence-electron chi connectivity index (χ2n) is 3.32. The lowest BCUT2D eigenvalue weighted by Crippen LogP contribution is -2.31. The number of hydrogen-bond donors (Lipinski definition) is 1. The highest BCUT2D eigenvalue weighted by molar-refractivity contribution is 7.98. The monoisotopic (exact) mass is 266 g/mol. The Balaban J connectivity index is 2.96. The molecule has 0 saturated carbocycles. The van der Waals surface area contributed by atoms with E-state index in [0.717, 1.165) is 4.90 Å². The van der Waals surface area contributed by atoms with Gasteiger partial charge in [-0.3, -0.25) is 0 Å². The number of anilines is 2. The van der Waals surface area contributed by atoms with Gasteiger partial charge in [0, 0.05) is 20.2 Å². The molecule has 1 heterocycles.